The Bertz CT molecular complexity index is 523. The van der Waals surface area contributed by atoms with Gasteiger partial charge in [0.2, 0.25) is 0 Å². The number of thiocarbonyl (C=S) groups is 1. The normalized spacial score (nSPS) is 17.5. The fraction of sp³-hybridized carbons (Fsp3) is 0.286. The zero-order valence-electron chi connectivity index (χ0n) is 10.6. The third-order valence-corrected chi connectivity index (χ3v) is 4.18. The number of hydrogen-bond donors (Lipinski definition) is 1. The van der Waals surface area contributed by atoms with Gasteiger partial charge < -0.3 is 5.11 Å². The quantitative estimate of drug-likeness (QED) is 0.682. The molecule has 0 unspecified atom stereocenters. The molecule has 3 nitrogen and oxygen atoms in total. The standard InChI is InChI=1S/C14H15NO2S2/c1-2-3-8-15-13(17)12(19-14(15)18)9-10-4-6-11(16)7-5-10/h4-7,9,16H,2-3,8H2,1H3/b12-9-. The van der Waals surface area contributed by atoms with Gasteiger partial charge in [-0.05, 0) is 30.2 Å². The van der Waals surface area contributed by atoms with Crippen LogP contribution in [0.3, 0.4) is 0 Å². The van der Waals surface area contributed by atoms with Crippen LogP contribution in [0.15, 0.2) is 29.2 Å². The van der Waals surface area contributed by atoms with Crippen LogP contribution in [0.4, 0.5) is 0 Å². The average Bonchev–Trinajstić information content (AvgIpc) is 2.65. The number of phenols is 1. The molecular weight excluding hydrogens is 278 g/mol. The molecule has 0 aliphatic carbocycles. The number of phenolic OH excluding ortho intramolecular Hbond substituents is 1. The Labute approximate surface area is 122 Å². The van der Waals surface area contributed by atoms with Gasteiger partial charge in [-0.15, -0.1) is 0 Å². The number of hydrogen-bond acceptors (Lipinski definition) is 4. The Morgan fingerprint density at radius 1 is 1.37 bits per heavy atom. The van der Waals surface area contributed by atoms with E-state index in [0.717, 1.165) is 18.4 Å². The molecule has 0 atom stereocenters. The first-order valence-electron chi connectivity index (χ1n) is 6.16. The Balaban J connectivity index is 2.16. The van der Waals surface area contributed by atoms with E-state index in [1.165, 1.54) is 11.8 Å². The van der Waals surface area contributed by atoms with Crippen molar-refractivity contribution >= 4 is 40.3 Å². The summed E-state index contributed by atoms with van der Waals surface area (Å²) in [5.74, 6) is 0.198. The fourth-order valence-electron chi connectivity index (χ4n) is 1.73. The lowest BCUT2D eigenvalue weighted by atomic mass is 10.2. The molecule has 0 bridgehead atoms. The van der Waals surface area contributed by atoms with Crippen LogP contribution in [-0.4, -0.2) is 26.8 Å². The highest BCUT2D eigenvalue weighted by Gasteiger charge is 2.31. The van der Waals surface area contributed by atoms with Crippen LogP contribution in [0, 0.1) is 0 Å². The zero-order valence-corrected chi connectivity index (χ0v) is 12.3. The second-order valence-electron chi connectivity index (χ2n) is 4.28. The molecule has 1 aromatic carbocycles. The van der Waals surface area contributed by atoms with Crippen LogP contribution in [-0.2, 0) is 4.79 Å². The highest BCUT2D eigenvalue weighted by atomic mass is 32.2. The Hall–Kier alpha value is -1.33. The number of carbonyl (C=O) groups is 1. The van der Waals surface area contributed by atoms with Crippen LogP contribution in [0.1, 0.15) is 25.3 Å². The number of rotatable bonds is 4. The molecule has 100 valence electrons. The van der Waals surface area contributed by atoms with Crippen molar-refractivity contribution in [2.75, 3.05) is 6.54 Å². The van der Waals surface area contributed by atoms with Crippen molar-refractivity contribution in [1.82, 2.24) is 4.90 Å². The van der Waals surface area contributed by atoms with Gasteiger partial charge in [0, 0.05) is 6.54 Å². The molecule has 19 heavy (non-hydrogen) atoms. The van der Waals surface area contributed by atoms with Crippen LogP contribution in [0.5, 0.6) is 5.75 Å². The molecule has 1 aliphatic heterocycles. The molecule has 1 fully saturated rings. The van der Waals surface area contributed by atoms with E-state index in [1.807, 2.05) is 6.08 Å². The van der Waals surface area contributed by atoms with Crippen molar-refractivity contribution in [3.63, 3.8) is 0 Å². The molecule has 0 spiro atoms. The zero-order chi connectivity index (χ0) is 13.8. The molecule has 0 saturated carbocycles. The fourth-order valence-corrected chi connectivity index (χ4v) is 3.04. The van der Waals surface area contributed by atoms with Crippen molar-refractivity contribution in [2.24, 2.45) is 0 Å². The highest BCUT2D eigenvalue weighted by molar-refractivity contribution is 8.26. The van der Waals surface area contributed by atoms with E-state index in [9.17, 15) is 9.90 Å². The van der Waals surface area contributed by atoms with E-state index >= 15 is 0 Å². The van der Waals surface area contributed by atoms with Gasteiger partial charge in [-0.25, -0.2) is 0 Å². The first-order valence-corrected chi connectivity index (χ1v) is 7.38. The van der Waals surface area contributed by atoms with Crippen molar-refractivity contribution < 1.29 is 9.90 Å². The predicted octanol–water partition coefficient (Wildman–Crippen LogP) is 3.39. The monoisotopic (exact) mass is 293 g/mol. The van der Waals surface area contributed by atoms with Crippen LogP contribution in [0.2, 0.25) is 0 Å². The molecule has 0 radical (unpaired) electrons. The topological polar surface area (TPSA) is 40.5 Å². The van der Waals surface area contributed by atoms with Crippen molar-refractivity contribution in [1.29, 1.82) is 0 Å². The van der Waals surface area contributed by atoms with Gasteiger partial charge in [0.05, 0.1) is 4.91 Å². The summed E-state index contributed by atoms with van der Waals surface area (Å²) in [6.07, 6.45) is 3.80. The van der Waals surface area contributed by atoms with Gasteiger partial charge in [0.25, 0.3) is 5.91 Å². The van der Waals surface area contributed by atoms with E-state index in [4.69, 9.17) is 12.2 Å². The maximum absolute atomic E-state index is 12.2. The average molecular weight is 293 g/mol. The second kappa shape index (κ2) is 6.21. The molecule has 1 aromatic rings. The number of unbranched alkanes of at least 4 members (excludes halogenated alkanes) is 1. The molecule has 1 saturated heterocycles. The number of nitrogens with zero attached hydrogens (tertiary/aromatic N) is 1. The van der Waals surface area contributed by atoms with E-state index in [-0.39, 0.29) is 11.7 Å². The minimum absolute atomic E-state index is 0.0171. The van der Waals surface area contributed by atoms with Gasteiger partial charge in [-0.1, -0.05) is 49.5 Å². The van der Waals surface area contributed by atoms with Crippen molar-refractivity contribution in [2.45, 2.75) is 19.8 Å². The predicted molar refractivity (Wildman–Crippen MR) is 82.9 cm³/mol. The molecule has 1 amide bonds. The van der Waals surface area contributed by atoms with Gasteiger partial charge in [-0.3, -0.25) is 9.69 Å². The summed E-state index contributed by atoms with van der Waals surface area (Å²) < 4.78 is 0.628. The van der Waals surface area contributed by atoms with E-state index in [2.05, 4.69) is 6.92 Å². The molecular formula is C14H15NO2S2. The van der Waals surface area contributed by atoms with E-state index < -0.39 is 0 Å². The summed E-state index contributed by atoms with van der Waals surface area (Å²) >= 11 is 6.57. The summed E-state index contributed by atoms with van der Waals surface area (Å²) in [7, 11) is 0. The second-order valence-corrected chi connectivity index (χ2v) is 5.95. The summed E-state index contributed by atoms with van der Waals surface area (Å²) in [5.41, 5.74) is 0.883. The molecule has 2 rings (SSSR count). The maximum atomic E-state index is 12.2. The largest absolute Gasteiger partial charge is 0.508 e. The van der Waals surface area contributed by atoms with E-state index in [0.29, 0.717) is 15.8 Å². The Kier molecular flexibility index (Phi) is 4.61. The number of benzene rings is 1. The van der Waals surface area contributed by atoms with Gasteiger partial charge >= 0.3 is 0 Å². The minimum Gasteiger partial charge on any atom is -0.508 e. The van der Waals surface area contributed by atoms with Crippen LogP contribution >= 0.6 is 24.0 Å². The molecule has 1 heterocycles. The Morgan fingerprint density at radius 3 is 2.68 bits per heavy atom. The number of aromatic hydroxyl groups is 1. The molecule has 1 N–H and O–H groups in total. The molecule has 0 aromatic heterocycles. The van der Waals surface area contributed by atoms with Gasteiger partial charge in [0.15, 0.2) is 0 Å². The Morgan fingerprint density at radius 2 is 2.05 bits per heavy atom. The third-order valence-electron chi connectivity index (χ3n) is 2.80. The smallest absolute Gasteiger partial charge is 0.266 e. The number of carbonyl (C=O) groups excluding carboxylic acids is 1. The summed E-state index contributed by atoms with van der Waals surface area (Å²) in [4.78, 5) is 14.5. The highest BCUT2D eigenvalue weighted by Crippen LogP contribution is 2.32. The third kappa shape index (κ3) is 3.36. The van der Waals surface area contributed by atoms with Crippen molar-refractivity contribution in [3.8, 4) is 5.75 Å². The van der Waals surface area contributed by atoms with Crippen molar-refractivity contribution in [3.05, 3.63) is 34.7 Å². The summed E-state index contributed by atoms with van der Waals surface area (Å²) in [5, 5.41) is 9.23. The van der Waals surface area contributed by atoms with Crippen LogP contribution < -0.4 is 0 Å². The lowest BCUT2D eigenvalue weighted by Gasteiger charge is -2.12. The summed E-state index contributed by atoms with van der Waals surface area (Å²) in [6, 6.07) is 6.75. The first kappa shape index (κ1) is 14.1. The maximum Gasteiger partial charge on any atom is 0.266 e. The number of thioether (sulfide) groups is 1. The molecule has 5 heteroatoms. The van der Waals surface area contributed by atoms with E-state index in [1.54, 1.807) is 29.2 Å². The minimum atomic E-state index is -0.0171. The lowest BCUT2D eigenvalue weighted by Crippen LogP contribution is -2.28. The molecule has 1 aliphatic rings. The first-order chi connectivity index (χ1) is 9.11. The van der Waals surface area contributed by atoms with Gasteiger partial charge in [-0.2, -0.15) is 0 Å². The SMILES string of the molecule is CCCCN1C(=O)/C(=C/c2ccc(O)cc2)SC1=S. The number of amides is 1. The van der Waals surface area contributed by atoms with Gasteiger partial charge in [0.1, 0.15) is 10.1 Å². The summed E-state index contributed by atoms with van der Waals surface area (Å²) in [6.45, 7) is 2.78. The lowest BCUT2D eigenvalue weighted by molar-refractivity contribution is -0.122. The van der Waals surface area contributed by atoms with Crippen LogP contribution in [0.25, 0.3) is 6.08 Å².